The summed E-state index contributed by atoms with van der Waals surface area (Å²) in [7, 11) is 0. The van der Waals surface area contributed by atoms with Gasteiger partial charge >= 0.3 is 5.97 Å². The zero-order valence-electron chi connectivity index (χ0n) is 18.2. The molecule has 10 heteroatoms. The summed E-state index contributed by atoms with van der Waals surface area (Å²) >= 11 is 5.97. The van der Waals surface area contributed by atoms with Gasteiger partial charge in [-0.1, -0.05) is 23.7 Å². The van der Waals surface area contributed by atoms with E-state index in [0.717, 1.165) is 18.2 Å². The van der Waals surface area contributed by atoms with Crippen molar-refractivity contribution >= 4 is 34.9 Å². The predicted molar refractivity (Wildman–Crippen MR) is 129 cm³/mol. The molecule has 0 atom stereocenters. The molecule has 0 saturated carbocycles. The highest BCUT2D eigenvalue weighted by Gasteiger charge is 2.20. The highest BCUT2D eigenvalue weighted by molar-refractivity contribution is 6.31. The Bertz CT molecular complexity index is 1490. The molecule has 0 aliphatic heterocycles. The van der Waals surface area contributed by atoms with Gasteiger partial charge in [-0.3, -0.25) is 14.9 Å². The number of hydrogen-bond donors (Lipinski definition) is 1. The fourth-order valence-electron chi connectivity index (χ4n) is 3.33. The minimum Gasteiger partial charge on any atom is -0.422 e. The largest absolute Gasteiger partial charge is 0.422 e. The Labute approximate surface area is 208 Å². The first kappa shape index (κ1) is 24.5. The number of amides is 1. The van der Waals surface area contributed by atoms with Crippen molar-refractivity contribution in [1.82, 2.24) is 0 Å². The van der Waals surface area contributed by atoms with Gasteiger partial charge in [0.05, 0.1) is 16.1 Å². The van der Waals surface area contributed by atoms with Crippen LogP contribution in [0.4, 0.5) is 20.2 Å². The van der Waals surface area contributed by atoms with Crippen molar-refractivity contribution < 1.29 is 28.0 Å². The van der Waals surface area contributed by atoms with Gasteiger partial charge in [0.25, 0.3) is 11.6 Å². The monoisotopic (exact) mass is 508 g/mol. The first-order valence-corrected chi connectivity index (χ1v) is 10.7. The smallest absolute Gasteiger partial charge is 0.343 e. The van der Waals surface area contributed by atoms with Crippen LogP contribution in [0.3, 0.4) is 0 Å². The predicted octanol–water partition coefficient (Wildman–Crippen LogP) is 6.66. The molecule has 1 N–H and O–H groups in total. The SMILES string of the molecule is O=C(Oc1ccc(-c2ccc(F)cc2F)cc1C(=O)Nc1cccc(Cl)c1)c1ccc([N+](=O)[O-])cc1. The number of ether oxygens (including phenoxy) is 1. The van der Waals surface area contributed by atoms with Gasteiger partial charge in [0.15, 0.2) is 0 Å². The third-order valence-electron chi connectivity index (χ3n) is 5.07. The van der Waals surface area contributed by atoms with Crippen molar-refractivity contribution in [2.45, 2.75) is 0 Å². The molecule has 4 rings (SSSR count). The number of halogens is 3. The lowest BCUT2D eigenvalue weighted by Gasteiger charge is -2.13. The fraction of sp³-hybridized carbons (Fsp3) is 0. The van der Waals surface area contributed by atoms with E-state index in [1.165, 1.54) is 42.5 Å². The van der Waals surface area contributed by atoms with Crippen LogP contribution in [0.25, 0.3) is 11.1 Å². The van der Waals surface area contributed by atoms with Crippen LogP contribution in [0.1, 0.15) is 20.7 Å². The van der Waals surface area contributed by atoms with Crippen LogP contribution < -0.4 is 10.1 Å². The van der Waals surface area contributed by atoms with Crippen LogP contribution in [0.2, 0.25) is 5.02 Å². The molecule has 0 fully saturated rings. The summed E-state index contributed by atoms with van der Waals surface area (Å²) in [5, 5.41) is 13.9. The summed E-state index contributed by atoms with van der Waals surface area (Å²) in [5.41, 5.74) is 0.305. The standard InChI is InChI=1S/C26H15ClF2N2O5/c27-17-2-1-3-19(13-17)30-25(32)22-12-16(21-10-7-18(28)14-23(21)29)6-11-24(22)36-26(33)15-4-8-20(9-5-15)31(34)35/h1-14H,(H,30,32). The lowest BCUT2D eigenvalue weighted by molar-refractivity contribution is -0.384. The molecule has 7 nitrogen and oxygen atoms in total. The molecule has 0 aromatic heterocycles. The first-order valence-electron chi connectivity index (χ1n) is 10.3. The van der Waals surface area contributed by atoms with Crippen molar-refractivity contribution in [3.05, 3.63) is 123 Å². The van der Waals surface area contributed by atoms with Gasteiger partial charge in [-0.15, -0.1) is 0 Å². The number of anilines is 1. The van der Waals surface area contributed by atoms with E-state index in [1.54, 1.807) is 18.2 Å². The molecule has 4 aromatic carbocycles. The maximum Gasteiger partial charge on any atom is 0.343 e. The lowest BCUT2D eigenvalue weighted by Crippen LogP contribution is -2.16. The van der Waals surface area contributed by atoms with E-state index >= 15 is 0 Å². The second-order valence-corrected chi connectivity index (χ2v) is 7.93. The third-order valence-corrected chi connectivity index (χ3v) is 5.30. The summed E-state index contributed by atoms with van der Waals surface area (Å²) in [6, 6.07) is 18.1. The molecule has 0 unspecified atom stereocenters. The molecule has 0 saturated heterocycles. The minimum atomic E-state index is -0.873. The minimum absolute atomic E-state index is 0.00968. The van der Waals surface area contributed by atoms with Crippen LogP contribution in [-0.2, 0) is 0 Å². The maximum atomic E-state index is 14.4. The Balaban J connectivity index is 1.70. The van der Waals surface area contributed by atoms with Gasteiger partial charge in [-0.25, -0.2) is 13.6 Å². The van der Waals surface area contributed by atoms with E-state index in [2.05, 4.69) is 5.32 Å². The second-order valence-electron chi connectivity index (χ2n) is 7.49. The summed E-state index contributed by atoms with van der Waals surface area (Å²) in [6.07, 6.45) is 0. The zero-order valence-corrected chi connectivity index (χ0v) is 19.0. The number of non-ortho nitro benzene ring substituents is 1. The topological polar surface area (TPSA) is 98.5 Å². The van der Waals surface area contributed by atoms with Crippen LogP contribution in [0, 0.1) is 21.7 Å². The van der Waals surface area contributed by atoms with Crippen molar-refractivity contribution in [2.75, 3.05) is 5.32 Å². The molecule has 0 radical (unpaired) electrons. The molecule has 0 aliphatic carbocycles. The average Bonchev–Trinajstić information content (AvgIpc) is 2.84. The maximum absolute atomic E-state index is 14.4. The van der Waals surface area contributed by atoms with Gasteiger partial charge in [0.2, 0.25) is 0 Å². The molecular weight excluding hydrogens is 494 g/mol. The van der Waals surface area contributed by atoms with E-state index in [1.807, 2.05) is 0 Å². The van der Waals surface area contributed by atoms with E-state index in [-0.39, 0.29) is 33.7 Å². The summed E-state index contributed by atoms with van der Waals surface area (Å²) < 4.78 is 33.2. The number of nitro benzene ring substituents is 1. The van der Waals surface area contributed by atoms with Crippen molar-refractivity contribution in [2.24, 2.45) is 0 Å². The van der Waals surface area contributed by atoms with Gasteiger partial charge in [-0.2, -0.15) is 0 Å². The molecular formula is C26H15ClF2N2O5. The average molecular weight is 509 g/mol. The Morgan fingerprint density at radius 1 is 0.917 bits per heavy atom. The second kappa shape index (κ2) is 10.3. The fourth-order valence-corrected chi connectivity index (χ4v) is 3.52. The van der Waals surface area contributed by atoms with Crippen LogP contribution in [0.5, 0.6) is 5.75 Å². The molecule has 0 aliphatic rings. The summed E-state index contributed by atoms with van der Waals surface area (Å²) in [5.74, 6) is -3.31. The number of rotatable bonds is 6. The number of nitrogens with zero attached hydrogens (tertiary/aromatic N) is 1. The Kier molecular flexibility index (Phi) is 7.03. The molecule has 36 heavy (non-hydrogen) atoms. The van der Waals surface area contributed by atoms with E-state index in [4.69, 9.17) is 16.3 Å². The van der Waals surface area contributed by atoms with Gasteiger partial charge < -0.3 is 10.1 Å². The number of esters is 1. The number of benzene rings is 4. The third kappa shape index (κ3) is 5.53. The Morgan fingerprint density at radius 3 is 2.33 bits per heavy atom. The molecule has 4 aromatic rings. The van der Waals surface area contributed by atoms with Gasteiger partial charge in [-0.05, 0) is 60.2 Å². The summed E-state index contributed by atoms with van der Waals surface area (Å²) in [6.45, 7) is 0. The van der Waals surface area contributed by atoms with E-state index in [0.29, 0.717) is 16.8 Å². The Morgan fingerprint density at radius 2 is 1.67 bits per heavy atom. The lowest BCUT2D eigenvalue weighted by atomic mass is 10.0. The number of nitro groups is 1. The van der Waals surface area contributed by atoms with Crippen molar-refractivity contribution in [3.8, 4) is 16.9 Å². The highest BCUT2D eigenvalue weighted by atomic mass is 35.5. The van der Waals surface area contributed by atoms with Crippen molar-refractivity contribution in [3.63, 3.8) is 0 Å². The number of hydrogen-bond acceptors (Lipinski definition) is 5. The molecule has 0 heterocycles. The molecule has 1 amide bonds. The zero-order chi connectivity index (χ0) is 25.8. The molecule has 0 spiro atoms. The van der Waals surface area contributed by atoms with Gasteiger partial charge in [0, 0.05) is 34.5 Å². The number of carbonyl (C=O) groups is 2. The first-order chi connectivity index (χ1) is 17.2. The van der Waals surface area contributed by atoms with Crippen LogP contribution >= 0.6 is 11.6 Å². The normalized spacial score (nSPS) is 10.5. The Hall–Kier alpha value is -4.63. The highest BCUT2D eigenvalue weighted by Crippen LogP contribution is 2.30. The number of carbonyl (C=O) groups excluding carboxylic acids is 2. The molecule has 0 bridgehead atoms. The summed E-state index contributed by atoms with van der Waals surface area (Å²) in [4.78, 5) is 36.0. The molecule has 180 valence electrons. The van der Waals surface area contributed by atoms with Crippen molar-refractivity contribution in [1.29, 1.82) is 0 Å². The van der Waals surface area contributed by atoms with Crippen LogP contribution in [-0.4, -0.2) is 16.8 Å². The number of nitrogens with one attached hydrogen (secondary N) is 1. The van der Waals surface area contributed by atoms with Crippen LogP contribution in [0.15, 0.2) is 84.9 Å². The van der Waals surface area contributed by atoms with E-state index in [9.17, 15) is 28.5 Å². The quantitative estimate of drug-likeness (QED) is 0.136. The van der Waals surface area contributed by atoms with Gasteiger partial charge in [0.1, 0.15) is 17.4 Å². The van der Waals surface area contributed by atoms with E-state index < -0.39 is 28.4 Å².